The number of rotatable bonds is 9. The number of alkyl carbamates (subject to hydrolysis) is 1. The zero-order valence-electron chi connectivity index (χ0n) is 13.4. The van der Waals surface area contributed by atoms with E-state index < -0.39 is 36.5 Å². The molecular weight excluding hydrogens is 298 g/mol. The lowest BCUT2D eigenvalue weighted by Crippen LogP contribution is -2.52. The quantitative estimate of drug-likeness (QED) is 0.365. The van der Waals surface area contributed by atoms with Crippen LogP contribution in [0.25, 0.3) is 0 Å². The van der Waals surface area contributed by atoms with Gasteiger partial charge < -0.3 is 29.0 Å². The van der Waals surface area contributed by atoms with Crippen molar-refractivity contribution in [3.8, 4) is 0 Å². The van der Waals surface area contributed by atoms with Gasteiger partial charge in [0.15, 0.2) is 12.3 Å². The van der Waals surface area contributed by atoms with Crippen molar-refractivity contribution >= 4 is 18.0 Å². The molecular formula is C13H23NO8. The SMILES string of the molecule is CCOC(=O)N[C@@H](C(=O)OC)[C@H](CC(OC)OC)OC(C)=O. The highest BCUT2D eigenvalue weighted by atomic mass is 16.7. The van der Waals surface area contributed by atoms with Gasteiger partial charge in [0.2, 0.25) is 0 Å². The molecule has 22 heavy (non-hydrogen) atoms. The smallest absolute Gasteiger partial charge is 0.407 e. The molecule has 1 amide bonds. The number of ether oxygens (including phenoxy) is 5. The van der Waals surface area contributed by atoms with Crippen molar-refractivity contribution in [2.24, 2.45) is 0 Å². The second kappa shape index (κ2) is 10.8. The first-order valence-electron chi connectivity index (χ1n) is 6.63. The highest BCUT2D eigenvalue weighted by molar-refractivity contribution is 5.82. The number of esters is 2. The molecule has 0 aromatic carbocycles. The number of nitrogens with one attached hydrogen (secondary N) is 1. The standard InChI is InChI=1S/C13H23NO8/c1-6-21-13(17)14-11(12(16)20-5)9(22-8(2)15)7-10(18-3)19-4/h9-11H,6-7H2,1-5H3,(H,14,17)/t9-,11+/m0/s1. The van der Waals surface area contributed by atoms with Gasteiger partial charge in [0, 0.05) is 27.6 Å². The summed E-state index contributed by atoms with van der Waals surface area (Å²) in [7, 11) is 3.94. The summed E-state index contributed by atoms with van der Waals surface area (Å²) in [6.45, 7) is 2.92. The molecule has 2 atom stereocenters. The minimum absolute atomic E-state index is 0.0127. The van der Waals surface area contributed by atoms with Crippen molar-refractivity contribution in [1.82, 2.24) is 5.32 Å². The van der Waals surface area contributed by atoms with Crippen LogP contribution < -0.4 is 5.32 Å². The molecule has 0 rings (SSSR count). The van der Waals surface area contributed by atoms with E-state index >= 15 is 0 Å². The third kappa shape index (κ3) is 7.23. The molecule has 0 unspecified atom stereocenters. The first-order chi connectivity index (χ1) is 10.4. The summed E-state index contributed by atoms with van der Waals surface area (Å²) in [6, 6.07) is -1.25. The van der Waals surface area contributed by atoms with E-state index in [2.05, 4.69) is 10.1 Å². The van der Waals surface area contributed by atoms with Gasteiger partial charge in [-0.3, -0.25) is 4.79 Å². The second-order valence-electron chi connectivity index (χ2n) is 4.15. The van der Waals surface area contributed by atoms with Gasteiger partial charge in [0.25, 0.3) is 0 Å². The highest BCUT2D eigenvalue weighted by Crippen LogP contribution is 2.13. The summed E-state index contributed by atoms with van der Waals surface area (Å²) in [5, 5.41) is 2.30. The first kappa shape index (κ1) is 20.1. The highest BCUT2D eigenvalue weighted by Gasteiger charge is 2.35. The second-order valence-corrected chi connectivity index (χ2v) is 4.15. The molecule has 0 saturated heterocycles. The van der Waals surface area contributed by atoms with E-state index in [0.29, 0.717) is 0 Å². The van der Waals surface area contributed by atoms with E-state index in [9.17, 15) is 14.4 Å². The summed E-state index contributed by atoms with van der Waals surface area (Å²) in [6.07, 6.45) is -2.60. The van der Waals surface area contributed by atoms with Crippen LogP contribution in [0.15, 0.2) is 0 Å². The molecule has 0 aromatic heterocycles. The van der Waals surface area contributed by atoms with Crippen LogP contribution in [0.1, 0.15) is 20.3 Å². The van der Waals surface area contributed by atoms with Gasteiger partial charge in [0.1, 0.15) is 6.10 Å². The van der Waals surface area contributed by atoms with Gasteiger partial charge in [-0.2, -0.15) is 0 Å². The first-order valence-corrected chi connectivity index (χ1v) is 6.63. The number of methoxy groups -OCH3 is 3. The molecule has 9 nitrogen and oxygen atoms in total. The monoisotopic (exact) mass is 321 g/mol. The maximum absolute atomic E-state index is 11.9. The van der Waals surface area contributed by atoms with E-state index in [1.807, 2.05) is 0 Å². The van der Waals surface area contributed by atoms with Crippen molar-refractivity contribution < 1.29 is 38.1 Å². The number of amides is 1. The van der Waals surface area contributed by atoms with Crippen LogP contribution in [-0.2, 0) is 33.3 Å². The largest absolute Gasteiger partial charge is 0.467 e. The Kier molecular flexibility index (Phi) is 9.88. The number of carbonyl (C=O) groups is 3. The van der Waals surface area contributed by atoms with Crippen LogP contribution in [0.3, 0.4) is 0 Å². The minimum Gasteiger partial charge on any atom is -0.467 e. The molecule has 9 heteroatoms. The van der Waals surface area contributed by atoms with E-state index in [1.165, 1.54) is 21.1 Å². The van der Waals surface area contributed by atoms with Gasteiger partial charge in [-0.05, 0) is 6.92 Å². The Morgan fingerprint density at radius 3 is 2.09 bits per heavy atom. The van der Waals surface area contributed by atoms with Gasteiger partial charge in [0.05, 0.1) is 13.7 Å². The Hall–Kier alpha value is -1.87. The third-order valence-corrected chi connectivity index (χ3v) is 2.64. The summed E-state index contributed by atoms with van der Waals surface area (Å²) >= 11 is 0. The lowest BCUT2D eigenvalue weighted by Gasteiger charge is -2.27. The molecule has 0 fully saturated rings. The summed E-state index contributed by atoms with van der Waals surface area (Å²) in [5.41, 5.74) is 0. The zero-order valence-corrected chi connectivity index (χ0v) is 13.4. The van der Waals surface area contributed by atoms with Crippen LogP contribution in [-0.4, -0.2) is 64.4 Å². The summed E-state index contributed by atoms with van der Waals surface area (Å²) < 4.78 is 24.5. The third-order valence-electron chi connectivity index (χ3n) is 2.64. The van der Waals surface area contributed by atoms with Crippen molar-refractivity contribution in [2.75, 3.05) is 27.9 Å². The molecule has 0 bridgehead atoms. The molecule has 128 valence electrons. The van der Waals surface area contributed by atoms with Crippen molar-refractivity contribution in [1.29, 1.82) is 0 Å². The number of hydrogen-bond acceptors (Lipinski definition) is 8. The predicted molar refractivity (Wildman–Crippen MR) is 73.9 cm³/mol. The topological polar surface area (TPSA) is 109 Å². The molecule has 0 heterocycles. The van der Waals surface area contributed by atoms with E-state index in [4.69, 9.17) is 18.9 Å². The van der Waals surface area contributed by atoms with Gasteiger partial charge in [-0.1, -0.05) is 0 Å². The van der Waals surface area contributed by atoms with Crippen molar-refractivity contribution in [2.45, 2.75) is 38.7 Å². The maximum atomic E-state index is 11.9. The van der Waals surface area contributed by atoms with Gasteiger partial charge in [-0.25, -0.2) is 9.59 Å². The van der Waals surface area contributed by atoms with Crippen LogP contribution in [0, 0.1) is 0 Å². The zero-order chi connectivity index (χ0) is 17.1. The van der Waals surface area contributed by atoms with E-state index in [-0.39, 0.29) is 13.0 Å². The maximum Gasteiger partial charge on any atom is 0.407 e. The number of carbonyl (C=O) groups excluding carboxylic acids is 3. The van der Waals surface area contributed by atoms with Crippen molar-refractivity contribution in [3.63, 3.8) is 0 Å². The average Bonchev–Trinajstić information content (AvgIpc) is 2.48. The minimum atomic E-state index is -1.25. The fourth-order valence-electron chi connectivity index (χ4n) is 1.67. The van der Waals surface area contributed by atoms with E-state index in [1.54, 1.807) is 6.92 Å². The molecule has 0 aliphatic carbocycles. The van der Waals surface area contributed by atoms with Crippen LogP contribution >= 0.6 is 0 Å². The van der Waals surface area contributed by atoms with Crippen molar-refractivity contribution in [3.05, 3.63) is 0 Å². The Morgan fingerprint density at radius 2 is 1.68 bits per heavy atom. The molecule has 0 spiro atoms. The molecule has 0 radical (unpaired) electrons. The van der Waals surface area contributed by atoms with Crippen LogP contribution in [0.4, 0.5) is 4.79 Å². The Bertz CT molecular complexity index is 369. The summed E-state index contributed by atoms with van der Waals surface area (Å²) in [4.78, 5) is 34.7. The van der Waals surface area contributed by atoms with Crippen LogP contribution in [0.2, 0.25) is 0 Å². The lowest BCUT2D eigenvalue weighted by molar-refractivity contribution is -0.166. The van der Waals surface area contributed by atoms with Gasteiger partial charge in [-0.15, -0.1) is 0 Å². The molecule has 1 N–H and O–H groups in total. The van der Waals surface area contributed by atoms with Gasteiger partial charge >= 0.3 is 18.0 Å². The molecule has 0 aliphatic heterocycles. The molecule has 0 aromatic rings. The Balaban J connectivity index is 5.19. The number of hydrogen-bond donors (Lipinski definition) is 1. The molecule has 0 saturated carbocycles. The Labute approximate surface area is 129 Å². The Morgan fingerprint density at radius 1 is 1.09 bits per heavy atom. The van der Waals surface area contributed by atoms with Crippen LogP contribution in [0.5, 0.6) is 0 Å². The fraction of sp³-hybridized carbons (Fsp3) is 0.769. The molecule has 0 aliphatic rings. The fourth-order valence-corrected chi connectivity index (χ4v) is 1.67. The normalized spacial score (nSPS) is 13.2. The summed E-state index contributed by atoms with van der Waals surface area (Å²) in [5.74, 6) is -1.42. The van der Waals surface area contributed by atoms with E-state index in [0.717, 1.165) is 7.11 Å². The average molecular weight is 321 g/mol. The lowest BCUT2D eigenvalue weighted by atomic mass is 10.1. The predicted octanol–water partition coefficient (Wildman–Crippen LogP) is 0.215.